The van der Waals surface area contributed by atoms with Crippen molar-refractivity contribution in [2.45, 2.75) is 18.4 Å². The maximum Gasteiger partial charge on any atom is 0.407 e. The van der Waals surface area contributed by atoms with Gasteiger partial charge >= 0.3 is 12.1 Å². The Morgan fingerprint density at radius 3 is 2.07 bits per heavy atom. The molecule has 3 aromatic carbocycles. The van der Waals surface area contributed by atoms with Crippen molar-refractivity contribution in [3.8, 4) is 11.1 Å². The van der Waals surface area contributed by atoms with E-state index in [4.69, 9.17) is 9.84 Å². The molecule has 6 heteroatoms. The molecule has 0 heterocycles. The Morgan fingerprint density at radius 2 is 1.50 bits per heavy atom. The lowest BCUT2D eigenvalue weighted by atomic mass is 9.98. The summed E-state index contributed by atoms with van der Waals surface area (Å²) in [5.41, 5.74) is 4.92. The molecule has 0 radical (unpaired) electrons. The fraction of sp³-hybridized carbons (Fsp3) is 0.167. The second-order valence-electron chi connectivity index (χ2n) is 7.17. The van der Waals surface area contributed by atoms with Crippen molar-refractivity contribution in [3.05, 3.63) is 95.3 Å². The Kier molecular flexibility index (Phi) is 5.48. The topological polar surface area (TPSA) is 75.6 Å². The molecular weight excluding hydrogens is 385 g/mol. The highest BCUT2D eigenvalue weighted by Gasteiger charge is 2.29. The van der Waals surface area contributed by atoms with E-state index in [9.17, 15) is 14.0 Å². The highest BCUT2D eigenvalue weighted by Crippen LogP contribution is 2.44. The fourth-order valence-electron chi connectivity index (χ4n) is 3.90. The van der Waals surface area contributed by atoms with E-state index in [2.05, 4.69) is 5.32 Å². The van der Waals surface area contributed by atoms with E-state index in [1.54, 1.807) is 0 Å². The van der Waals surface area contributed by atoms with E-state index in [1.807, 2.05) is 48.5 Å². The predicted molar refractivity (Wildman–Crippen MR) is 110 cm³/mol. The molecule has 0 fully saturated rings. The fourth-order valence-corrected chi connectivity index (χ4v) is 3.90. The molecule has 1 atom stereocenters. The first-order chi connectivity index (χ1) is 14.5. The van der Waals surface area contributed by atoms with Crippen molar-refractivity contribution >= 4 is 12.1 Å². The molecule has 4 rings (SSSR count). The number of ether oxygens (including phenoxy) is 1. The lowest BCUT2D eigenvalue weighted by Gasteiger charge is -2.19. The van der Waals surface area contributed by atoms with Crippen molar-refractivity contribution in [1.29, 1.82) is 0 Å². The number of halogens is 1. The summed E-state index contributed by atoms with van der Waals surface area (Å²) < 4.78 is 18.7. The standard InChI is InChI=1S/C24H20FNO4/c25-16-11-9-15(10-12-16)22(13-23(27)28)26-24(29)30-14-21-19-7-3-1-5-17(19)18-6-2-4-8-20(18)21/h1-12,21-22H,13-14H2,(H,26,29)(H,27,28). The van der Waals surface area contributed by atoms with E-state index in [0.29, 0.717) is 5.56 Å². The summed E-state index contributed by atoms with van der Waals surface area (Å²) in [5.74, 6) is -1.61. The summed E-state index contributed by atoms with van der Waals surface area (Å²) in [4.78, 5) is 23.7. The van der Waals surface area contributed by atoms with E-state index in [1.165, 1.54) is 24.3 Å². The average Bonchev–Trinajstić information content (AvgIpc) is 3.06. The molecule has 0 spiro atoms. The lowest BCUT2D eigenvalue weighted by Crippen LogP contribution is -2.31. The van der Waals surface area contributed by atoms with E-state index in [-0.39, 0.29) is 18.9 Å². The van der Waals surface area contributed by atoms with Crippen LogP contribution in [0.3, 0.4) is 0 Å². The summed E-state index contributed by atoms with van der Waals surface area (Å²) in [6, 6.07) is 20.5. The smallest absolute Gasteiger partial charge is 0.407 e. The third-order valence-corrected chi connectivity index (χ3v) is 5.29. The normalized spacial score (nSPS) is 13.2. The number of aliphatic carboxylic acids is 1. The van der Waals surface area contributed by atoms with Crippen LogP contribution in [0.1, 0.15) is 35.1 Å². The van der Waals surface area contributed by atoms with Gasteiger partial charge in [-0.2, -0.15) is 0 Å². The molecule has 0 saturated heterocycles. The van der Waals surface area contributed by atoms with Gasteiger partial charge in [0, 0.05) is 5.92 Å². The minimum absolute atomic E-state index is 0.0908. The number of carbonyl (C=O) groups is 2. The number of nitrogens with one attached hydrogen (secondary N) is 1. The van der Waals surface area contributed by atoms with Gasteiger partial charge < -0.3 is 15.2 Å². The molecule has 1 aliphatic carbocycles. The Balaban J connectivity index is 1.47. The number of rotatable bonds is 6. The van der Waals surface area contributed by atoms with Gasteiger partial charge in [0.15, 0.2) is 0 Å². The summed E-state index contributed by atoms with van der Waals surface area (Å²) in [6.07, 6.45) is -1.05. The Labute approximate surface area is 173 Å². The summed E-state index contributed by atoms with van der Waals surface area (Å²) in [6.45, 7) is 0.128. The molecule has 2 N–H and O–H groups in total. The molecule has 0 saturated carbocycles. The summed E-state index contributed by atoms with van der Waals surface area (Å²) >= 11 is 0. The summed E-state index contributed by atoms with van der Waals surface area (Å²) in [5, 5.41) is 11.8. The molecule has 30 heavy (non-hydrogen) atoms. The lowest BCUT2D eigenvalue weighted by molar-refractivity contribution is -0.137. The van der Waals surface area contributed by atoms with Crippen LogP contribution in [0, 0.1) is 5.82 Å². The maximum atomic E-state index is 13.2. The highest BCUT2D eigenvalue weighted by molar-refractivity contribution is 5.79. The first kappa shape index (κ1) is 19.6. The molecule has 5 nitrogen and oxygen atoms in total. The Hall–Kier alpha value is -3.67. The van der Waals surface area contributed by atoms with Gasteiger partial charge in [-0.05, 0) is 39.9 Å². The minimum Gasteiger partial charge on any atom is -0.481 e. The van der Waals surface area contributed by atoms with Crippen molar-refractivity contribution in [2.75, 3.05) is 6.61 Å². The summed E-state index contributed by atoms with van der Waals surface area (Å²) in [7, 11) is 0. The maximum absolute atomic E-state index is 13.2. The number of benzene rings is 3. The number of hydrogen-bond donors (Lipinski definition) is 2. The molecule has 152 valence electrons. The van der Waals surface area contributed by atoms with E-state index in [0.717, 1.165) is 22.3 Å². The van der Waals surface area contributed by atoms with Gasteiger partial charge in [0.2, 0.25) is 0 Å². The van der Waals surface area contributed by atoms with Crippen LogP contribution in [0.25, 0.3) is 11.1 Å². The third kappa shape index (κ3) is 4.03. The van der Waals surface area contributed by atoms with Crippen molar-refractivity contribution in [3.63, 3.8) is 0 Å². The Bertz CT molecular complexity index is 1040. The average molecular weight is 405 g/mol. The molecule has 1 aliphatic rings. The first-order valence-corrected chi connectivity index (χ1v) is 9.61. The number of alkyl carbamates (subject to hydrolysis) is 1. The second-order valence-corrected chi connectivity index (χ2v) is 7.17. The number of hydrogen-bond acceptors (Lipinski definition) is 3. The van der Waals surface area contributed by atoms with Crippen LogP contribution in [0.4, 0.5) is 9.18 Å². The number of amides is 1. The molecule has 0 aromatic heterocycles. The second kappa shape index (κ2) is 8.37. The van der Waals surface area contributed by atoms with E-state index >= 15 is 0 Å². The molecule has 1 unspecified atom stereocenters. The molecule has 0 aliphatic heterocycles. The van der Waals surface area contributed by atoms with Crippen molar-refractivity contribution in [1.82, 2.24) is 5.32 Å². The molecular formula is C24H20FNO4. The van der Waals surface area contributed by atoms with Crippen LogP contribution in [0.2, 0.25) is 0 Å². The van der Waals surface area contributed by atoms with Gasteiger partial charge in [-0.1, -0.05) is 60.7 Å². The monoisotopic (exact) mass is 405 g/mol. The molecule has 0 bridgehead atoms. The quantitative estimate of drug-likeness (QED) is 0.613. The van der Waals surface area contributed by atoms with Gasteiger partial charge in [0.05, 0.1) is 12.5 Å². The van der Waals surface area contributed by atoms with Gasteiger partial charge in [-0.3, -0.25) is 4.79 Å². The van der Waals surface area contributed by atoms with Gasteiger partial charge in [-0.15, -0.1) is 0 Å². The van der Waals surface area contributed by atoms with Crippen LogP contribution < -0.4 is 5.32 Å². The van der Waals surface area contributed by atoms with Crippen molar-refractivity contribution in [2.24, 2.45) is 0 Å². The van der Waals surface area contributed by atoms with Crippen molar-refractivity contribution < 1.29 is 23.8 Å². The van der Waals surface area contributed by atoms with Gasteiger partial charge in [0.1, 0.15) is 12.4 Å². The Morgan fingerprint density at radius 1 is 0.933 bits per heavy atom. The SMILES string of the molecule is O=C(O)CC(NC(=O)OCC1c2ccccc2-c2ccccc21)c1ccc(F)cc1. The molecule has 1 amide bonds. The molecule has 3 aromatic rings. The van der Waals surface area contributed by atoms with Crippen LogP contribution in [-0.4, -0.2) is 23.8 Å². The van der Waals surface area contributed by atoms with Gasteiger partial charge in [0.25, 0.3) is 0 Å². The number of carboxylic acid groups (broad SMARTS) is 1. The van der Waals surface area contributed by atoms with Crippen LogP contribution >= 0.6 is 0 Å². The van der Waals surface area contributed by atoms with E-state index < -0.39 is 23.9 Å². The predicted octanol–water partition coefficient (Wildman–Crippen LogP) is 4.88. The zero-order chi connectivity index (χ0) is 21.1. The third-order valence-electron chi connectivity index (χ3n) is 5.29. The zero-order valence-corrected chi connectivity index (χ0v) is 16.0. The minimum atomic E-state index is -1.08. The van der Waals surface area contributed by atoms with Crippen LogP contribution in [0.5, 0.6) is 0 Å². The van der Waals surface area contributed by atoms with Gasteiger partial charge in [-0.25, -0.2) is 9.18 Å². The number of carboxylic acids is 1. The highest BCUT2D eigenvalue weighted by atomic mass is 19.1. The first-order valence-electron chi connectivity index (χ1n) is 9.61. The zero-order valence-electron chi connectivity index (χ0n) is 16.0. The van der Waals surface area contributed by atoms with Crippen LogP contribution in [0.15, 0.2) is 72.8 Å². The number of carbonyl (C=O) groups excluding carboxylic acids is 1. The number of fused-ring (bicyclic) bond motifs is 3. The van der Waals surface area contributed by atoms with Crippen LogP contribution in [-0.2, 0) is 9.53 Å². The largest absolute Gasteiger partial charge is 0.481 e.